The number of piperidine rings is 1. The number of rotatable bonds is 1. The molecule has 0 aromatic carbocycles. The lowest BCUT2D eigenvalue weighted by Gasteiger charge is -2.36. The average Bonchev–Trinajstić information content (AvgIpc) is 3.06. The van der Waals surface area contributed by atoms with E-state index in [1.165, 1.54) is 51.1 Å². The van der Waals surface area contributed by atoms with Crippen molar-refractivity contribution in [3.63, 3.8) is 0 Å². The molecule has 3 fully saturated rings. The van der Waals surface area contributed by atoms with Crippen molar-refractivity contribution in [3.05, 3.63) is 24.5 Å². The predicted octanol–water partition coefficient (Wildman–Crippen LogP) is 1.76. The maximum atomic E-state index is 4.24. The molecular weight excluding hydrogens is 210 g/mol. The summed E-state index contributed by atoms with van der Waals surface area (Å²) in [7, 11) is 0. The molecule has 3 aliphatic heterocycles. The van der Waals surface area contributed by atoms with Crippen LogP contribution in [0.2, 0.25) is 0 Å². The van der Waals surface area contributed by atoms with Crippen molar-refractivity contribution in [3.8, 4) is 0 Å². The van der Waals surface area contributed by atoms with Crippen LogP contribution in [0, 0.1) is 5.92 Å². The summed E-state index contributed by atoms with van der Waals surface area (Å²) in [6.45, 7) is 5.12. The van der Waals surface area contributed by atoms with Crippen LogP contribution >= 0.6 is 0 Å². The summed E-state index contributed by atoms with van der Waals surface area (Å²) >= 11 is 0. The Kier molecular flexibility index (Phi) is 2.01. The van der Waals surface area contributed by atoms with E-state index in [0.717, 1.165) is 5.92 Å². The third kappa shape index (κ3) is 1.41. The first-order valence-corrected chi connectivity index (χ1v) is 6.76. The molecule has 1 unspecified atom stereocenters. The molecule has 0 saturated carbocycles. The van der Waals surface area contributed by atoms with Crippen LogP contribution in [0.15, 0.2) is 24.5 Å². The highest BCUT2D eigenvalue weighted by atomic mass is 15.3. The molecule has 1 aromatic heterocycles. The van der Waals surface area contributed by atoms with Crippen molar-refractivity contribution in [1.29, 1.82) is 0 Å². The second kappa shape index (κ2) is 3.45. The molecule has 17 heavy (non-hydrogen) atoms. The minimum absolute atomic E-state index is 0.513. The van der Waals surface area contributed by atoms with Crippen LogP contribution in [-0.4, -0.2) is 41.6 Å². The van der Waals surface area contributed by atoms with Crippen molar-refractivity contribution in [1.82, 2.24) is 9.88 Å². The molecule has 1 aromatic rings. The van der Waals surface area contributed by atoms with Gasteiger partial charge in [-0.2, -0.15) is 0 Å². The van der Waals surface area contributed by atoms with E-state index in [1.54, 1.807) is 0 Å². The number of hydrogen-bond acceptors (Lipinski definition) is 3. The zero-order valence-electron chi connectivity index (χ0n) is 10.2. The quantitative estimate of drug-likeness (QED) is 0.731. The third-order valence-electron chi connectivity index (χ3n) is 4.97. The summed E-state index contributed by atoms with van der Waals surface area (Å²) in [5.41, 5.74) is 1.81. The number of aromatic nitrogens is 1. The van der Waals surface area contributed by atoms with Gasteiger partial charge in [-0.15, -0.1) is 0 Å². The SMILES string of the molecule is c1cncc(N2CC[C@@]3(C[C@H]4CCN3C4)C2)c1. The summed E-state index contributed by atoms with van der Waals surface area (Å²) in [5, 5.41) is 0. The Morgan fingerprint density at radius 2 is 2.35 bits per heavy atom. The number of pyridine rings is 1. The maximum absolute atomic E-state index is 4.24. The molecule has 3 aliphatic rings. The minimum Gasteiger partial charge on any atom is -0.368 e. The molecule has 90 valence electrons. The molecule has 2 bridgehead atoms. The predicted molar refractivity (Wildman–Crippen MR) is 68.1 cm³/mol. The van der Waals surface area contributed by atoms with Gasteiger partial charge in [-0.05, 0) is 43.9 Å². The van der Waals surface area contributed by atoms with Crippen LogP contribution in [0.1, 0.15) is 19.3 Å². The number of hydrogen-bond donors (Lipinski definition) is 0. The van der Waals surface area contributed by atoms with E-state index in [1.807, 2.05) is 18.5 Å². The highest BCUT2D eigenvalue weighted by Crippen LogP contribution is 2.46. The molecule has 1 spiro atoms. The highest BCUT2D eigenvalue weighted by Gasteiger charge is 2.52. The van der Waals surface area contributed by atoms with E-state index in [0.29, 0.717) is 5.54 Å². The Balaban J connectivity index is 1.57. The van der Waals surface area contributed by atoms with Crippen LogP contribution in [-0.2, 0) is 0 Å². The number of nitrogens with zero attached hydrogens (tertiary/aromatic N) is 3. The Labute approximate surface area is 102 Å². The van der Waals surface area contributed by atoms with Gasteiger partial charge in [-0.25, -0.2) is 0 Å². The standard InChI is InChI=1S/C14H19N3/c1-2-13(9-15-5-1)16-7-4-14(11-16)8-12-3-6-17(14)10-12/h1-2,5,9,12H,3-4,6-8,10-11H2/t12-,14-/m1/s1. The number of fused-ring (bicyclic) bond motifs is 3. The van der Waals surface area contributed by atoms with E-state index in [4.69, 9.17) is 0 Å². The van der Waals surface area contributed by atoms with Gasteiger partial charge in [-0.1, -0.05) is 0 Å². The normalized spacial score (nSPS) is 39.4. The second-order valence-corrected chi connectivity index (χ2v) is 5.91. The van der Waals surface area contributed by atoms with Gasteiger partial charge < -0.3 is 4.90 Å². The van der Waals surface area contributed by atoms with Gasteiger partial charge in [-0.3, -0.25) is 9.88 Å². The zero-order chi connectivity index (χ0) is 11.3. The third-order valence-corrected chi connectivity index (χ3v) is 4.97. The fourth-order valence-corrected chi connectivity index (χ4v) is 4.14. The van der Waals surface area contributed by atoms with Gasteiger partial charge >= 0.3 is 0 Å². The smallest absolute Gasteiger partial charge is 0.0553 e. The van der Waals surface area contributed by atoms with Crippen LogP contribution < -0.4 is 4.90 Å². The van der Waals surface area contributed by atoms with Crippen LogP contribution in [0.4, 0.5) is 5.69 Å². The number of anilines is 1. The van der Waals surface area contributed by atoms with E-state index in [9.17, 15) is 0 Å². The summed E-state index contributed by atoms with van der Waals surface area (Å²) < 4.78 is 0. The molecule has 0 radical (unpaired) electrons. The Bertz CT molecular complexity index is 419. The lowest BCUT2D eigenvalue weighted by Crippen LogP contribution is -2.46. The molecule has 3 heteroatoms. The van der Waals surface area contributed by atoms with E-state index in [-0.39, 0.29) is 0 Å². The molecule has 3 saturated heterocycles. The first kappa shape index (κ1) is 9.89. The summed E-state index contributed by atoms with van der Waals surface area (Å²) in [6.07, 6.45) is 8.08. The summed E-state index contributed by atoms with van der Waals surface area (Å²) in [5.74, 6) is 0.990. The molecule has 4 rings (SSSR count). The maximum Gasteiger partial charge on any atom is 0.0553 e. The van der Waals surface area contributed by atoms with Gasteiger partial charge in [0.05, 0.1) is 11.9 Å². The minimum atomic E-state index is 0.513. The Morgan fingerprint density at radius 1 is 1.35 bits per heavy atom. The van der Waals surface area contributed by atoms with E-state index < -0.39 is 0 Å². The first-order valence-electron chi connectivity index (χ1n) is 6.76. The molecule has 4 heterocycles. The lowest BCUT2D eigenvalue weighted by atomic mass is 9.87. The largest absolute Gasteiger partial charge is 0.368 e. The van der Waals surface area contributed by atoms with Crippen LogP contribution in [0.5, 0.6) is 0 Å². The molecule has 3 nitrogen and oxygen atoms in total. The monoisotopic (exact) mass is 229 g/mol. The van der Waals surface area contributed by atoms with Gasteiger partial charge in [0, 0.05) is 31.4 Å². The van der Waals surface area contributed by atoms with Gasteiger partial charge in [0.1, 0.15) is 0 Å². The molecule has 0 N–H and O–H groups in total. The molecule has 0 amide bonds. The second-order valence-electron chi connectivity index (χ2n) is 5.91. The van der Waals surface area contributed by atoms with Crippen LogP contribution in [0.3, 0.4) is 0 Å². The summed E-state index contributed by atoms with van der Waals surface area (Å²) in [6, 6.07) is 4.23. The topological polar surface area (TPSA) is 19.4 Å². The van der Waals surface area contributed by atoms with Gasteiger partial charge in [0.15, 0.2) is 0 Å². The van der Waals surface area contributed by atoms with Crippen molar-refractivity contribution < 1.29 is 0 Å². The molecule has 3 atom stereocenters. The molecular formula is C14H19N3. The summed E-state index contributed by atoms with van der Waals surface area (Å²) in [4.78, 5) is 9.52. The van der Waals surface area contributed by atoms with Crippen molar-refractivity contribution in [2.75, 3.05) is 31.1 Å². The zero-order valence-corrected chi connectivity index (χ0v) is 10.2. The van der Waals surface area contributed by atoms with Crippen molar-refractivity contribution >= 4 is 5.69 Å². The lowest BCUT2D eigenvalue weighted by molar-refractivity contribution is 0.155. The van der Waals surface area contributed by atoms with Crippen LogP contribution in [0.25, 0.3) is 0 Å². The van der Waals surface area contributed by atoms with Crippen molar-refractivity contribution in [2.24, 2.45) is 5.92 Å². The average molecular weight is 229 g/mol. The van der Waals surface area contributed by atoms with E-state index >= 15 is 0 Å². The fourth-order valence-electron chi connectivity index (χ4n) is 4.14. The van der Waals surface area contributed by atoms with Gasteiger partial charge in [0.25, 0.3) is 0 Å². The van der Waals surface area contributed by atoms with Gasteiger partial charge in [0.2, 0.25) is 0 Å². The first-order chi connectivity index (χ1) is 8.36. The fraction of sp³-hybridized carbons (Fsp3) is 0.643. The highest BCUT2D eigenvalue weighted by molar-refractivity contribution is 5.46. The van der Waals surface area contributed by atoms with Crippen molar-refractivity contribution in [2.45, 2.75) is 24.8 Å². The Morgan fingerprint density at radius 3 is 3.06 bits per heavy atom. The Hall–Kier alpha value is -1.09. The van der Waals surface area contributed by atoms with E-state index in [2.05, 4.69) is 20.9 Å². The molecule has 0 aliphatic carbocycles.